The van der Waals surface area contributed by atoms with Crippen molar-refractivity contribution in [2.45, 2.75) is 0 Å². The summed E-state index contributed by atoms with van der Waals surface area (Å²) in [6, 6.07) is 7.37. The number of halogens is 3. The molecule has 1 aromatic carbocycles. The molecule has 3 nitrogen and oxygen atoms in total. The third kappa shape index (κ3) is 2.86. The maximum Gasteiger partial charge on any atom is 0.261 e. The molecule has 1 heterocycles. The Bertz CT molecular complexity index is 569. The van der Waals surface area contributed by atoms with E-state index < -0.39 is 11.7 Å². The van der Waals surface area contributed by atoms with Crippen LogP contribution < -0.4 is 5.32 Å². The van der Waals surface area contributed by atoms with Crippen molar-refractivity contribution in [2.24, 2.45) is 0 Å². The predicted molar refractivity (Wildman–Crippen MR) is 71.3 cm³/mol. The number of pyridine rings is 1. The minimum atomic E-state index is -0.669. The summed E-state index contributed by atoms with van der Waals surface area (Å²) in [6.07, 6.45) is 1.53. The summed E-state index contributed by atoms with van der Waals surface area (Å²) in [5, 5.41) is 2.53. The molecule has 0 saturated carbocycles. The highest BCUT2D eigenvalue weighted by Crippen LogP contribution is 2.20. The van der Waals surface area contributed by atoms with Crippen molar-refractivity contribution in [3.05, 3.63) is 57.4 Å². The number of carbonyl (C=O) groups is 1. The fourth-order valence-corrected chi connectivity index (χ4v) is 1.83. The molecule has 0 aliphatic rings. The lowest BCUT2D eigenvalue weighted by atomic mass is 10.2. The van der Waals surface area contributed by atoms with E-state index in [2.05, 4.69) is 26.2 Å². The van der Waals surface area contributed by atoms with E-state index in [1.54, 1.807) is 12.1 Å². The van der Waals surface area contributed by atoms with Crippen LogP contribution in [0.15, 0.2) is 41.0 Å². The maximum atomic E-state index is 13.5. The normalized spacial score (nSPS) is 10.2. The van der Waals surface area contributed by atoms with Crippen molar-refractivity contribution >= 4 is 39.3 Å². The Balaban J connectivity index is 2.25. The van der Waals surface area contributed by atoms with Gasteiger partial charge in [-0.2, -0.15) is 0 Å². The van der Waals surface area contributed by atoms with E-state index in [4.69, 9.17) is 11.6 Å². The molecule has 0 spiro atoms. The summed E-state index contributed by atoms with van der Waals surface area (Å²) in [6.45, 7) is 0. The Kier molecular flexibility index (Phi) is 3.93. The molecule has 0 aliphatic carbocycles. The summed E-state index contributed by atoms with van der Waals surface area (Å²) in [5.74, 6) is -0.979. The SMILES string of the molecule is O=C(Nc1ccc(Br)cn1)c1c(F)cccc1Cl. The van der Waals surface area contributed by atoms with Crippen LogP contribution in [0.3, 0.4) is 0 Å². The van der Waals surface area contributed by atoms with Crippen molar-refractivity contribution in [2.75, 3.05) is 5.32 Å². The van der Waals surface area contributed by atoms with E-state index in [1.807, 2.05) is 0 Å². The van der Waals surface area contributed by atoms with Crippen molar-refractivity contribution < 1.29 is 9.18 Å². The molecular weight excluding hydrogens is 322 g/mol. The Morgan fingerprint density at radius 2 is 2.11 bits per heavy atom. The Labute approximate surface area is 116 Å². The Morgan fingerprint density at radius 1 is 1.33 bits per heavy atom. The van der Waals surface area contributed by atoms with Crippen LogP contribution >= 0.6 is 27.5 Å². The first-order valence-corrected chi connectivity index (χ1v) is 6.12. The fourth-order valence-electron chi connectivity index (χ4n) is 1.34. The first-order chi connectivity index (χ1) is 8.58. The second-order valence-electron chi connectivity index (χ2n) is 3.41. The van der Waals surface area contributed by atoms with Crippen LogP contribution in [0.25, 0.3) is 0 Å². The first kappa shape index (κ1) is 13.0. The van der Waals surface area contributed by atoms with Gasteiger partial charge < -0.3 is 5.32 Å². The van der Waals surface area contributed by atoms with E-state index in [9.17, 15) is 9.18 Å². The highest BCUT2D eigenvalue weighted by atomic mass is 79.9. The van der Waals surface area contributed by atoms with Gasteiger partial charge in [0, 0.05) is 10.7 Å². The number of aromatic nitrogens is 1. The molecule has 0 bridgehead atoms. The molecule has 6 heteroatoms. The molecule has 2 rings (SSSR count). The quantitative estimate of drug-likeness (QED) is 0.908. The van der Waals surface area contributed by atoms with Gasteiger partial charge in [0.25, 0.3) is 5.91 Å². The zero-order valence-corrected chi connectivity index (χ0v) is 11.3. The average molecular weight is 330 g/mol. The van der Waals surface area contributed by atoms with E-state index in [1.165, 1.54) is 24.4 Å². The number of hydrogen-bond acceptors (Lipinski definition) is 2. The van der Waals surface area contributed by atoms with Crippen LogP contribution in [0, 0.1) is 5.82 Å². The maximum absolute atomic E-state index is 13.5. The number of nitrogens with one attached hydrogen (secondary N) is 1. The molecule has 1 aromatic heterocycles. The first-order valence-electron chi connectivity index (χ1n) is 4.95. The molecule has 0 unspecified atom stereocenters. The average Bonchev–Trinajstić information content (AvgIpc) is 2.32. The Morgan fingerprint density at radius 3 is 2.72 bits per heavy atom. The monoisotopic (exact) mass is 328 g/mol. The number of hydrogen-bond donors (Lipinski definition) is 1. The van der Waals surface area contributed by atoms with Crippen molar-refractivity contribution in [3.63, 3.8) is 0 Å². The van der Waals surface area contributed by atoms with Gasteiger partial charge in [-0.3, -0.25) is 4.79 Å². The van der Waals surface area contributed by atoms with Crippen molar-refractivity contribution in [1.29, 1.82) is 0 Å². The summed E-state index contributed by atoms with van der Waals surface area (Å²) in [7, 11) is 0. The number of rotatable bonds is 2. The van der Waals surface area contributed by atoms with Gasteiger partial charge in [-0.05, 0) is 40.2 Å². The number of benzene rings is 1. The lowest BCUT2D eigenvalue weighted by Gasteiger charge is -2.06. The fraction of sp³-hybridized carbons (Fsp3) is 0. The third-order valence-corrected chi connectivity index (χ3v) is 2.94. The number of carbonyl (C=O) groups excluding carboxylic acids is 1. The van der Waals surface area contributed by atoms with Gasteiger partial charge in [-0.15, -0.1) is 0 Å². The van der Waals surface area contributed by atoms with Crippen LogP contribution in [0.4, 0.5) is 10.2 Å². The van der Waals surface area contributed by atoms with Gasteiger partial charge in [0.15, 0.2) is 0 Å². The zero-order valence-electron chi connectivity index (χ0n) is 8.95. The largest absolute Gasteiger partial charge is 0.306 e. The highest BCUT2D eigenvalue weighted by molar-refractivity contribution is 9.10. The smallest absolute Gasteiger partial charge is 0.261 e. The Hall–Kier alpha value is -1.46. The molecule has 0 aliphatic heterocycles. The molecule has 92 valence electrons. The third-order valence-electron chi connectivity index (χ3n) is 2.16. The van der Waals surface area contributed by atoms with Crippen molar-refractivity contribution in [1.82, 2.24) is 4.98 Å². The lowest BCUT2D eigenvalue weighted by Crippen LogP contribution is -2.15. The molecule has 1 N–H and O–H groups in total. The van der Waals surface area contributed by atoms with Crippen molar-refractivity contribution in [3.8, 4) is 0 Å². The van der Waals surface area contributed by atoms with Gasteiger partial charge >= 0.3 is 0 Å². The van der Waals surface area contributed by atoms with Gasteiger partial charge in [-0.25, -0.2) is 9.37 Å². The lowest BCUT2D eigenvalue weighted by molar-refractivity contribution is 0.102. The predicted octanol–water partition coefficient (Wildman–Crippen LogP) is 3.89. The van der Waals surface area contributed by atoms with E-state index in [0.29, 0.717) is 5.82 Å². The number of nitrogens with zero attached hydrogens (tertiary/aromatic N) is 1. The number of anilines is 1. The molecule has 0 atom stereocenters. The molecule has 0 saturated heterocycles. The van der Waals surface area contributed by atoms with Gasteiger partial charge in [0.05, 0.1) is 10.6 Å². The topological polar surface area (TPSA) is 42.0 Å². The highest BCUT2D eigenvalue weighted by Gasteiger charge is 2.15. The zero-order chi connectivity index (χ0) is 13.1. The molecule has 0 fully saturated rings. The van der Waals surface area contributed by atoms with Gasteiger partial charge in [0.2, 0.25) is 0 Å². The minimum absolute atomic E-state index is 0.0598. The van der Waals surface area contributed by atoms with E-state index in [-0.39, 0.29) is 10.6 Å². The summed E-state index contributed by atoms with van der Waals surface area (Å²) >= 11 is 9.01. The molecule has 2 aromatic rings. The molecular formula is C12H7BrClFN2O. The van der Waals surface area contributed by atoms with Gasteiger partial charge in [0.1, 0.15) is 11.6 Å². The minimum Gasteiger partial charge on any atom is -0.306 e. The van der Waals surface area contributed by atoms with Gasteiger partial charge in [-0.1, -0.05) is 17.7 Å². The standard InChI is InChI=1S/C12H7BrClFN2O/c13-7-4-5-10(16-6-7)17-12(18)11-8(14)2-1-3-9(11)15/h1-6H,(H,16,17,18). The van der Waals surface area contributed by atoms with Crippen LogP contribution in [-0.2, 0) is 0 Å². The molecule has 18 heavy (non-hydrogen) atoms. The van der Waals surface area contributed by atoms with Crippen LogP contribution in [0.1, 0.15) is 10.4 Å². The molecule has 1 amide bonds. The second-order valence-corrected chi connectivity index (χ2v) is 4.74. The number of amides is 1. The molecule has 0 radical (unpaired) electrons. The second kappa shape index (κ2) is 5.46. The van der Waals surface area contributed by atoms with Crippen LogP contribution in [0.5, 0.6) is 0 Å². The van der Waals surface area contributed by atoms with Crippen LogP contribution in [-0.4, -0.2) is 10.9 Å². The summed E-state index contributed by atoms with van der Waals surface area (Å²) in [5.41, 5.74) is -0.191. The summed E-state index contributed by atoms with van der Waals surface area (Å²) < 4.78 is 14.3. The summed E-state index contributed by atoms with van der Waals surface area (Å²) in [4.78, 5) is 15.8. The van der Waals surface area contributed by atoms with Crippen LogP contribution in [0.2, 0.25) is 5.02 Å². The van der Waals surface area contributed by atoms with E-state index >= 15 is 0 Å². The van der Waals surface area contributed by atoms with E-state index in [0.717, 1.165) is 4.47 Å².